The van der Waals surface area contributed by atoms with Gasteiger partial charge in [-0.2, -0.15) is 0 Å². The van der Waals surface area contributed by atoms with E-state index < -0.39 is 0 Å². The number of amides is 1. The van der Waals surface area contributed by atoms with Gasteiger partial charge < -0.3 is 9.73 Å². The highest BCUT2D eigenvalue weighted by atomic mass is 35.5. The second-order valence-electron chi connectivity index (χ2n) is 6.17. The topological polar surface area (TPSA) is 72.4 Å². The first-order valence-electron chi connectivity index (χ1n) is 8.50. The normalized spacial score (nSPS) is 12.6. The van der Waals surface area contributed by atoms with E-state index in [0.29, 0.717) is 16.5 Å². The van der Waals surface area contributed by atoms with Gasteiger partial charge in [-0.25, -0.2) is 0 Å². The van der Waals surface area contributed by atoms with Crippen LogP contribution in [0.4, 0.5) is 5.69 Å². The van der Waals surface area contributed by atoms with Crippen molar-refractivity contribution >= 4 is 51.6 Å². The molecule has 0 bridgehead atoms. The summed E-state index contributed by atoms with van der Waals surface area (Å²) in [6.07, 6.45) is 3.93. The van der Waals surface area contributed by atoms with E-state index in [0.717, 1.165) is 27.9 Å². The number of nitrogens with zero attached hydrogens (tertiary/aromatic N) is 3. The molecule has 0 aliphatic carbocycles. The number of benzene rings is 1. The molecule has 0 aliphatic rings. The van der Waals surface area contributed by atoms with Crippen LogP contribution in [-0.4, -0.2) is 25.8 Å². The molecule has 0 aliphatic heterocycles. The lowest BCUT2D eigenvalue weighted by Crippen LogP contribution is -2.25. The van der Waals surface area contributed by atoms with E-state index in [1.807, 2.05) is 36.4 Å². The monoisotopic (exact) mass is 400 g/mol. The van der Waals surface area contributed by atoms with Crippen LogP contribution in [0.5, 0.6) is 0 Å². The van der Waals surface area contributed by atoms with Crippen LogP contribution in [0.3, 0.4) is 0 Å². The third kappa shape index (κ3) is 3.40. The van der Waals surface area contributed by atoms with Crippen LogP contribution in [-0.2, 0) is 4.79 Å². The zero-order chi connectivity index (χ0) is 19.0. The molecule has 0 unspecified atom stereocenters. The summed E-state index contributed by atoms with van der Waals surface area (Å²) in [7, 11) is 0. The number of halogens is 1. The molecule has 0 spiro atoms. The molecule has 6 nitrogen and oxygen atoms in total. The number of aromatic nitrogens is 3. The number of carbonyl (C=O) groups is 1. The highest BCUT2D eigenvalue weighted by Crippen LogP contribution is 2.31. The van der Waals surface area contributed by atoms with Crippen LogP contribution in [0, 0.1) is 6.92 Å². The van der Waals surface area contributed by atoms with Gasteiger partial charge >= 0.3 is 0 Å². The van der Waals surface area contributed by atoms with Crippen molar-refractivity contribution in [3.63, 3.8) is 0 Å². The lowest BCUT2D eigenvalue weighted by Gasteiger charge is -2.16. The van der Waals surface area contributed by atoms with Crippen molar-refractivity contribution < 1.29 is 9.21 Å². The molecule has 1 atom stereocenters. The first kappa shape index (κ1) is 17.9. The van der Waals surface area contributed by atoms with Gasteiger partial charge in [0.2, 0.25) is 5.91 Å². The van der Waals surface area contributed by atoms with E-state index in [-0.39, 0.29) is 11.2 Å². The molecule has 1 amide bonds. The van der Waals surface area contributed by atoms with Gasteiger partial charge in [0, 0.05) is 22.8 Å². The molecule has 0 fully saturated rings. The van der Waals surface area contributed by atoms with Crippen molar-refractivity contribution in [1.29, 1.82) is 0 Å². The molecule has 3 heterocycles. The van der Waals surface area contributed by atoms with Crippen LogP contribution in [0.2, 0.25) is 5.02 Å². The van der Waals surface area contributed by atoms with Gasteiger partial charge in [-0.05, 0) is 31.0 Å². The summed E-state index contributed by atoms with van der Waals surface area (Å²) in [5.41, 5.74) is 4.24. The van der Waals surface area contributed by atoms with E-state index in [2.05, 4.69) is 15.5 Å². The number of hydrogen-bond acceptors (Lipinski definition) is 5. The van der Waals surface area contributed by atoms with Crippen molar-refractivity contribution in [1.82, 2.24) is 14.6 Å². The molecule has 4 aromatic rings. The summed E-state index contributed by atoms with van der Waals surface area (Å²) in [4.78, 5) is 12.8. The molecule has 3 aromatic heterocycles. The number of rotatable bonds is 5. The number of carbonyl (C=O) groups excluding carboxylic acids is 1. The second kappa shape index (κ2) is 7.25. The molecule has 1 N–H and O–H groups in total. The van der Waals surface area contributed by atoms with Gasteiger partial charge in [-0.3, -0.25) is 9.20 Å². The summed E-state index contributed by atoms with van der Waals surface area (Å²) in [5.74, 6) is -0.0908. The van der Waals surface area contributed by atoms with Crippen molar-refractivity contribution in [3.05, 3.63) is 53.5 Å². The van der Waals surface area contributed by atoms with E-state index in [9.17, 15) is 4.79 Å². The number of fused-ring (bicyclic) bond motifs is 3. The number of aryl methyl sites for hydroxylation is 1. The minimum absolute atomic E-state index is 0.0908. The Hall–Kier alpha value is -2.51. The number of nitrogens with one attached hydrogen (secondary N) is 1. The summed E-state index contributed by atoms with van der Waals surface area (Å²) in [5, 5.41) is 12.2. The summed E-state index contributed by atoms with van der Waals surface area (Å²) in [6, 6.07) is 9.24. The summed E-state index contributed by atoms with van der Waals surface area (Å²) < 4.78 is 7.38. The zero-order valence-corrected chi connectivity index (χ0v) is 16.3. The number of hydrogen-bond donors (Lipinski definition) is 1. The van der Waals surface area contributed by atoms with Gasteiger partial charge in [0.05, 0.1) is 22.5 Å². The Morgan fingerprint density at radius 1 is 1.33 bits per heavy atom. The van der Waals surface area contributed by atoms with Gasteiger partial charge in [-0.1, -0.05) is 36.4 Å². The van der Waals surface area contributed by atoms with Crippen molar-refractivity contribution in [2.45, 2.75) is 30.5 Å². The fourth-order valence-corrected chi connectivity index (χ4v) is 4.04. The van der Waals surface area contributed by atoms with E-state index in [1.165, 1.54) is 11.8 Å². The lowest BCUT2D eigenvalue weighted by molar-refractivity contribution is -0.115. The Kier molecular flexibility index (Phi) is 4.80. The smallest absolute Gasteiger partial charge is 0.237 e. The average molecular weight is 401 g/mol. The van der Waals surface area contributed by atoms with E-state index in [1.54, 1.807) is 24.7 Å². The Balaban J connectivity index is 1.61. The molecule has 0 saturated carbocycles. The Morgan fingerprint density at radius 3 is 3.00 bits per heavy atom. The lowest BCUT2D eigenvalue weighted by atomic mass is 10.2. The molecular weight excluding hydrogens is 384 g/mol. The van der Waals surface area contributed by atoms with Crippen LogP contribution < -0.4 is 5.32 Å². The standard InChI is InChI=1S/C19H17ClN4O2S/c1-3-17(18(25)22-13-8-12(20)5-4-11(13)2)27-19-15-9-16-14(6-7-26-16)24(15)10-21-23-19/h4-10,17H,3H2,1-2H3,(H,22,25)/t17-/m1/s1. The van der Waals surface area contributed by atoms with Crippen molar-refractivity contribution in [2.24, 2.45) is 0 Å². The van der Waals surface area contributed by atoms with E-state index in [4.69, 9.17) is 16.0 Å². The van der Waals surface area contributed by atoms with Crippen LogP contribution >= 0.6 is 23.4 Å². The first-order chi connectivity index (χ1) is 13.1. The fraction of sp³-hybridized carbons (Fsp3) is 0.211. The predicted molar refractivity (Wildman–Crippen MR) is 108 cm³/mol. The second-order valence-corrected chi connectivity index (χ2v) is 7.80. The summed E-state index contributed by atoms with van der Waals surface area (Å²) in [6.45, 7) is 3.90. The highest BCUT2D eigenvalue weighted by Gasteiger charge is 2.22. The molecule has 0 radical (unpaired) electrons. The predicted octanol–water partition coefficient (Wildman–Crippen LogP) is 4.95. The molecular formula is C19H17ClN4O2S. The molecule has 27 heavy (non-hydrogen) atoms. The Morgan fingerprint density at radius 2 is 2.19 bits per heavy atom. The van der Waals surface area contributed by atoms with Crippen LogP contribution in [0.25, 0.3) is 16.6 Å². The maximum Gasteiger partial charge on any atom is 0.237 e. The molecule has 0 saturated heterocycles. The van der Waals surface area contributed by atoms with Gasteiger partial charge in [0.1, 0.15) is 11.4 Å². The molecule has 8 heteroatoms. The Labute approximate surface area is 164 Å². The fourth-order valence-electron chi connectivity index (χ4n) is 2.90. The largest absolute Gasteiger partial charge is 0.463 e. The quantitative estimate of drug-likeness (QED) is 0.480. The minimum atomic E-state index is -0.315. The third-order valence-electron chi connectivity index (χ3n) is 4.37. The zero-order valence-electron chi connectivity index (χ0n) is 14.8. The summed E-state index contributed by atoms with van der Waals surface area (Å²) >= 11 is 7.44. The maximum atomic E-state index is 12.8. The van der Waals surface area contributed by atoms with Gasteiger partial charge in [0.25, 0.3) is 0 Å². The van der Waals surface area contributed by atoms with Gasteiger partial charge in [0.15, 0.2) is 5.58 Å². The molecule has 1 aromatic carbocycles. The molecule has 4 rings (SSSR count). The molecule has 138 valence electrons. The van der Waals surface area contributed by atoms with Crippen LogP contribution in [0.1, 0.15) is 18.9 Å². The first-order valence-corrected chi connectivity index (χ1v) is 9.76. The average Bonchev–Trinajstić information content (AvgIpc) is 3.24. The van der Waals surface area contributed by atoms with Crippen LogP contribution in [0.15, 0.2) is 52.4 Å². The third-order valence-corrected chi connectivity index (χ3v) is 5.95. The number of anilines is 1. The number of furan rings is 1. The minimum Gasteiger partial charge on any atom is -0.463 e. The SMILES string of the molecule is CC[C@@H](Sc1nncn2c1cc1occc12)C(=O)Nc1cc(Cl)ccc1C. The van der Waals surface area contributed by atoms with E-state index >= 15 is 0 Å². The van der Waals surface area contributed by atoms with Gasteiger partial charge in [-0.15, -0.1) is 10.2 Å². The maximum absolute atomic E-state index is 12.8. The van der Waals surface area contributed by atoms with Crippen molar-refractivity contribution in [3.8, 4) is 0 Å². The highest BCUT2D eigenvalue weighted by molar-refractivity contribution is 8.00. The number of thioether (sulfide) groups is 1. The van der Waals surface area contributed by atoms with Crippen molar-refractivity contribution in [2.75, 3.05) is 5.32 Å². The Bertz CT molecular complexity index is 1140.